The molecular formula is C33H40O5. The van der Waals surface area contributed by atoms with Crippen molar-refractivity contribution in [2.45, 2.75) is 99.6 Å². The summed E-state index contributed by atoms with van der Waals surface area (Å²) in [6.45, 7) is 16.2. The van der Waals surface area contributed by atoms with Gasteiger partial charge in [-0.25, -0.2) is 0 Å². The Balaban J connectivity index is 1.68. The minimum Gasteiger partial charge on any atom is -0.349 e. The molecule has 1 heterocycles. The monoisotopic (exact) mass is 516 g/mol. The third kappa shape index (κ3) is 4.01. The summed E-state index contributed by atoms with van der Waals surface area (Å²) >= 11 is 0. The van der Waals surface area contributed by atoms with Crippen LogP contribution in [-0.2, 0) is 20.7 Å². The topological polar surface area (TPSA) is 69.7 Å². The molecule has 2 aromatic rings. The summed E-state index contributed by atoms with van der Waals surface area (Å²) in [6.07, 6.45) is 1.57. The van der Waals surface area contributed by atoms with E-state index in [9.17, 15) is 14.4 Å². The molecule has 1 fully saturated rings. The maximum Gasteiger partial charge on any atom is 0.195 e. The second kappa shape index (κ2) is 9.53. The van der Waals surface area contributed by atoms with Crippen molar-refractivity contribution in [3.05, 3.63) is 68.3 Å². The van der Waals surface area contributed by atoms with Gasteiger partial charge in [-0.15, -0.1) is 0 Å². The SMILES string of the molecule is CCC(=O)C1(C)Cc2c(C)c3c(c(C)c2C(OC2CC(C)C(C)C(C)O2)C1)C(=O)c1c(C)cccc1C3=O. The van der Waals surface area contributed by atoms with Crippen LogP contribution in [0.5, 0.6) is 0 Å². The van der Waals surface area contributed by atoms with Crippen LogP contribution in [0.3, 0.4) is 0 Å². The van der Waals surface area contributed by atoms with Gasteiger partial charge >= 0.3 is 0 Å². The predicted molar refractivity (Wildman–Crippen MR) is 147 cm³/mol. The lowest BCUT2D eigenvalue weighted by atomic mass is 9.64. The van der Waals surface area contributed by atoms with Gasteiger partial charge in [0.2, 0.25) is 0 Å². The number of aryl methyl sites for hydroxylation is 1. The van der Waals surface area contributed by atoms with Crippen molar-refractivity contribution >= 4 is 17.3 Å². The second-order valence-corrected chi connectivity index (χ2v) is 12.2. The first-order valence-electron chi connectivity index (χ1n) is 14.1. The van der Waals surface area contributed by atoms with Crippen LogP contribution in [0.2, 0.25) is 0 Å². The zero-order valence-electron chi connectivity index (χ0n) is 24.0. The standard InChI is InChI=1S/C33H40O5/c1-9-25(34)33(8)14-23-19(5)29-30(32(36)27-16(2)11-10-12-22(27)31(29)35)20(6)28(23)24(15-33)38-26-13-17(3)18(4)21(7)37-26/h10-12,17-18,21,24,26H,9,13-15H2,1-8H3. The zero-order chi connectivity index (χ0) is 27.7. The Kier molecular flexibility index (Phi) is 6.76. The number of carbonyl (C=O) groups is 3. The number of fused-ring (bicyclic) bond motifs is 3. The number of benzene rings is 2. The Hall–Kier alpha value is -2.63. The molecule has 0 aromatic heterocycles. The Morgan fingerprint density at radius 1 is 1.03 bits per heavy atom. The van der Waals surface area contributed by atoms with Gasteiger partial charge in [0.1, 0.15) is 5.78 Å². The quantitative estimate of drug-likeness (QED) is 0.382. The number of Topliss-reactive ketones (excluding diaryl/α,β-unsaturated/α-hetero) is 1. The van der Waals surface area contributed by atoms with Gasteiger partial charge in [-0.1, -0.05) is 45.9 Å². The van der Waals surface area contributed by atoms with Gasteiger partial charge in [-0.3, -0.25) is 14.4 Å². The van der Waals surface area contributed by atoms with E-state index in [-0.39, 0.29) is 29.7 Å². The van der Waals surface area contributed by atoms with Crippen molar-refractivity contribution in [1.29, 1.82) is 0 Å². The minimum absolute atomic E-state index is 0.0699. The summed E-state index contributed by atoms with van der Waals surface area (Å²) in [5.41, 5.74) is 5.67. The average molecular weight is 517 g/mol. The van der Waals surface area contributed by atoms with Gasteiger partial charge in [0.05, 0.1) is 12.2 Å². The van der Waals surface area contributed by atoms with Crippen LogP contribution in [0.25, 0.3) is 0 Å². The van der Waals surface area contributed by atoms with E-state index >= 15 is 0 Å². The fourth-order valence-electron chi connectivity index (χ4n) is 7.14. The lowest BCUT2D eigenvalue weighted by Crippen LogP contribution is -2.42. The maximum absolute atomic E-state index is 14.0. The molecule has 1 saturated heterocycles. The molecule has 3 aliphatic rings. The van der Waals surface area contributed by atoms with Gasteiger partial charge in [-0.05, 0) is 80.2 Å². The highest BCUT2D eigenvalue weighted by molar-refractivity contribution is 6.30. The summed E-state index contributed by atoms with van der Waals surface area (Å²) in [5, 5.41) is 0. The van der Waals surface area contributed by atoms with E-state index in [4.69, 9.17) is 9.47 Å². The summed E-state index contributed by atoms with van der Waals surface area (Å²) in [5.74, 6) is 0.858. The van der Waals surface area contributed by atoms with E-state index < -0.39 is 11.5 Å². The van der Waals surface area contributed by atoms with Crippen LogP contribution in [-0.4, -0.2) is 29.7 Å². The van der Waals surface area contributed by atoms with Gasteiger partial charge in [0, 0.05) is 40.5 Å². The summed E-state index contributed by atoms with van der Waals surface area (Å²) in [7, 11) is 0. The van der Waals surface area contributed by atoms with Crippen molar-refractivity contribution in [3.8, 4) is 0 Å². The molecule has 5 heteroatoms. The zero-order valence-corrected chi connectivity index (χ0v) is 24.0. The molecule has 202 valence electrons. The first-order chi connectivity index (χ1) is 17.9. The fourth-order valence-corrected chi connectivity index (χ4v) is 7.14. The van der Waals surface area contributed by atoms with Gasteiger partial charge < -0.3 is 9.47 Å². The molecule has 2 aliphatic carbocycles. The first kappa shape index (κ1) is 27.0. The van der Waals surface area contributed by atoms with E-state index in [0.29, 0.717) is 53.4 Å². The first-order valence-corrected chi connectivity index (χ1v) is 14.1. The maximum atomic E-state index is 14.0. The average Bonchev–Trinajstić information content (AvgIpc) is 2.86. The molecule has 0 spiro atoms. The highest BCUT2D eigenvalue weighted by Crippen LogP contribution is 2.50. The lowest BCUT2D eigenvalue weighted by Gasteiger charge is -2.44. The molecule has 0 saturated carbocycles. The normalized spacial score (nSPS) is 30.5. The largest absolute Gasteiger partial charge is 0.349 e. The number of ketones is 3. The Morgan fingerprint density at radius 2 is 1.71 bits per heavy atom. The van der Waals surface area contributed by atoms with Crippen molar-refractivity contribution in [2.75, 3.05) is 0 Å². The lowest BCUT2D eigenvalue weighted by molar-refractivity contribution is -0.240. The van der Waals surface area contributed by atoms with Crippen molar-refractivity contribution in [1.82, 2.24) is 0 Å². The molecule has 5 nitrogen and oxygen atoms in total. The van der Waals surface area contributed by atoms with Crippen LogP contribution in [0.1, 0.15) is 120 Å². The highest BCUT2D eigenvalue weighted by atomic mass is 16.7. The number of carbonyl (C=O) groups excluding carboxylic acids is 3. The number of hydrogen-bond donors (Lipinski definition) is 0. The van der Waals surface area contributed by atoms with E-state index in [1.807, 2.05) is 46.8 Å². The molecule has 38 heavy (non-hydrogen) atoms. The Labute approximate surface area is 226 Å². The van der Waals surface area contributed by atoms with Gasteiger partial charge in [0.25, 0.3) is 0 Å². The predicted octanol–water partition coefficient (Wildman–Crippen LogP) is 6.78. The molecule has 6 unspecified atom stereocenters. The van der Waals surface area contributed by atoms with Crippen LogP contribution in [0.15, 0.2) is 18.2 Å². The van der Waals surface area contributed by atoms with Crippen LogP contribution >= 0.6 is 0 Å². The van der Waals surface area contributed by atoms with Gasteiger partial charge in [0.15, 0.2) is 17.9 Å². The number of hydrogen-bond acceptors (Lipinski definition) is 5. The highest BCUT2D eigenvalue weighted by Gasteiger charge is 2.46. The van der Waals surface area contributed by atoms with Crippen molar-refractivity contribution < 1.29 is 23.9 Å². The van der Waals surface area contributed by atoms with Crippen molar-refractivity contribution in [2.24, 2.45) is 17.3 Å². The van der Waals surface area contributed by atoms with E-state index in [0.717, 1.165) is 34.2 Å². The summed E-state index contributed by atoms with van der Waals surface area (Å²) in [6, 6.07) is 5.46. The van der Waals surface area contributed by atoms with Crippen LogP contribution in [0.4, 0.5) is 0 Å². The molecular weight excluding hydrogens is 476 g/mol. The molecule has 6 atom stereocenters. The molecule has 0 N–H and O–H groups in total. The summed E-state index contributed by atoms with van der Waals surface area (Å²) < 4.78 is 13.0. The smallest absolute Gasteiger partial charge is 0.195 e. The second-order valence-electron chi connectivity index (χ2n) is 12.2. The Morgan fingerprint density at radius 3 is 2.37 bits per heavy atom. The van der Waals surface area contributed by atoms with E-state index in [1.165, 1.54) is 0 Å². The molecule has 0 radical (unpaired) electrons. The van der Waals surface area contributed by atoms with Crippen molar-refractivity contribution in [3.63, 3.8) is 0 Å². The van der Waals surface area contributed by atoms with Gasteiger partial charge in [-0.2, -0.15) is 0 Å². The molecule has 1 aliphatic heterocycles. The third-order valence-corrected chi connectivity index (χ3v) is 9.78. The van der Waals surface area contributed by atoms with Crippen LogP contribution < -0.4 is 0 Å². The Bertz CT molecular complexity index is 1340. The van der Waals surface area contributed by atoms with E-state index in [1.54, 1.807) is 6.07 Å². The molecule has 5 rings (SSSR count). The molecule has 2 aromatic carbocycles. The number of ether oxygens (including phenoxy) is 2. The van der Waals surface area contributed by atoms with E-state index in [2.05, 4.69) is 20.8 Å². The fraction of sp³-hybridized carbons (Fsp3) is 0.545. The summed E-state index contributed by atoms with van der Waals surface area (Å²) in [4.78, 5) is 41.1. The number of rotatable bonds is 4. The van der Waals surface area contributed by atoms with Crippen LogP contribution in [0, 0.1) is 38.0 Å². The molecule has 0 amide bonds. The minimum atomic E-state index is -0.618. The third-order valence-electron chi connectivity index (χ3n) is 9.78. The molecule has 0 bridgehead atoms.